The topological polar surface area (TPSA) is 52.6 Å². The Morgan fingerprint density at radius 1 is 1.00 bits per heavy atom. The van der Waals surface area contributed by atoms with Crippen LogP contribution in [-0.4, -0.2) is 106 Å². The standard InChI is InChI=1S/C16H37N2O5Si3/c1-9-22-25(23-10-2)13-11-12-18(5)15-24-16(14-17(3)4)26(19-6,20-7)21-8/h14H,9-13,15H2,1-8H3. The van der Waals surface area contributed by atoms with Gasteiger partial charge in [0.2, 0.25) is 0 Å². The molecule has 0 saturated carbocycles. The van der Waals surface area contributed by atoms with Gasteiger partial charge in [0.15, 0.2) is 0 Å². The first-order chi connectivity index (χ1) is 12.4. The summed E-state index contributed by atoms with van der Waals surface area (Å²) in [4.78, 5) is 5.45. The molecule has 10 heteroatoms. The number of nitrogens with zero attached hydrogens (tertiary/aromatic N) is 2. The van der Waals surface area contributed by atoms with E-state index in [0.29, 0.717) is 9.52 Å². The molecule has 0 rings (SSSR count). The maximum atomic E-state index is 5.70. The van der Waals surface area contributed by atoms with Crippen LogP contribution in [0.4, 0.5) is 0 Å². The maximum Gasteiger partial charge on any atom is 0.529 e. The van der Waals surface area contributed by atoms with Gasteiger partial charge in [-0.2, -0.15) is 0 Å². The highest BCUT2D eigenvalue weighted by Gasteiger charge is 2.43. The van der Waals surface area contributed by atoms with Gasteiger partial charge < -0.3 is 31.9 Å². The minimum absolute atomic E-state index is 0.553. The Labute approximate surface area is 165 Å². The van der Waals surface area contributed by atoms with Crippen molar-refractivity contribution in [3.8, 4) is 0 Å². The van der Waals surface area contributed by atoms with E-state index in [1.54, 1.807) is 21.3 Å². The molecule has 153 valence electrons. The van der Waals surface area contributed by atoms with Crippen molar-refractivity contribution in [2.45, 2.75) is 26.3 Å². The summed E-state index contributed by atoms with van der Waals surface area (Å²) in [5.74, 6) is 0. The Morgan fingerprint density at radius 2 is 1.54 bits per heavy atom. The van der Waals surface area contributed by atoms with Crippen LogP contribution < -0.4 is 0 Å². The van der Waals surface area contributed by atoms with Crippen LogP contribution in [0.3, 0.4) is 0 Å². The number of hydrogen-bond donors (Lipinski definition) is 0. The molecule has 7 nitrogen and oxygen atoms in total. The van der Waals surface area contributed by atoms with Gasteiger partial charge in [0.1, 0.15) is 0 Å². The van der Waals surface area contributed by atoms with Gasteiger partial charge >= 0.3 is 18.1 Å². The van der Waals surface area contributed by atoms with Crippen LogP contribution in [0, 0.1) is 0 Å². The van der Waals surface area contributed by atoms with Crippen molar-refractivity contribution in [3.63, 3.8) is 0 Å². The van der Waals surface area contributed by atoms with Gasteiger partial charge in [-0.25, -0.2) is 0 Å². The van der Waals surface area contributed by atoms with Crippen LogP contribution in [-0.2, 0) is 22.1 Å². The summed E-state index contributed by atoms with van der Waals surface area (Å²) in [6.07, 6.45) is 4.08. The molecule has 0 spiro atoms. The van der Waals surface area contributed by atoms with E-state index in [4.69, 9.17) is 22.1 Å². The summed E-state index contributed by atoms with van der Waals surface area (Å²) in [5, 5.41) is 0. The second-order valence-electron chi connectivity index (χ2n) is 5.93. The molecule has 0 bridgehead atoms. The Kier molecular flexibility index (Phi) is 14.9. The fourth-order valence-electron chi connectivity index (χ4n) is 2.37. The lowest BCUT2D eigenvalue weighted by molar-refractivity contribution is 0.136. The molecule has 0 fully saturated rings. The molecule has 0 aliphatic carbocycles. The average Bonchev–Trinajstić information content (AvgIpc) is 2.61. The molecule has 26 heavy (non-hydrogen) atoms. The largest absolute Gasteiger partial charge is 0.529 e. The first kappa shape index (κ1) is 26.0. The predicted molar refractivity (Wildman–Crippen MR) is 110 cm³/mol. The van der Waals surface area contributed by atoms with E-state index in [0.717, 1.165) is 43.2 Å². The molecule has 0 atom stereocenters. The number of hydrogen-bond acceptors (Lipinski definition) is 7. The Hall–Kier alpha value is -0.0494. The van der Waals surface area contributed by atoms with Crippen molar-refractivity contribution in [1.82, 2.24) is 9.80 Å². The first-order valence-corrected chi connectivity index (χ1v) is 13.4. The van der Waals surface area contributed by atoms with E-state index in [9.17, 15) is 0 Å². The van der Waals surface area contributed by atoms with Crippen LogP contribution in [0.25, 0.3) is 0 Å². The molecule has 3 radical (unpaired) electrons. The minimum Gasteiger partial charge on any atom is -0.394 e. The van der Waals surface area contributed by atoms with Gasteiger partial charge in [0.05, 0.1) is 9.52 Å². The predicted octanol–water partition coefficient (Wildman–Crippen LogP) is 1.35. The summed E-state index contributed by atoms with van der Waals surface area (Å²) in [6.45, 7) is 6.50. The monoisotopic (exact) mass is 421 g/mol. The summed E-state index contributed by atoms with van der Waals surface area (Å²) < 4.78 is 28.4. The maximum absolute atomic E-state index is 5.70. The van der Waals surface area contributed by atoms with Gasteiger partial charge in [0.25, 0.3) is 0 Å². The fourth-order valence-corrected chi connectivity index (χ4v) is 8.38. The van der Waals surface area contributed by atoms with E-state index in [-0.39, 0.29) is 0 Å². The van der Waals surface area contributed by atoms with Crippen molar-refractivity contribution in [2.24, 2.45) is 0 Å². The molecule has 0 aromatic heterocycles. The van der Waals surface area contributed by atoms with Gasteiger partial charge in [-0.05, 0) is 52.3 Å². The van der Waals surface area contributed by atoms with Crippen molar-refractivity contribution >= 4 is 27.6 Å². The van der Waals surface area contributed by atoms with Crippen molar-refractivity contribution < 1.29 is 22.1 Å². The highest BCUT2D eigenvalue weighted by Crippen LogP contribution is 2.17. The molecule has 0 heterocycles. The molecule has 0 unspecified atom stereocenters. The minimum atomic E-state index is -2.78. The van der Waals surface area contributed by atoms with Crippen molar-refractivity contribution in [1.29, 1.82) is 0 Å². The van der Waals surface area contributed by atoms with Crippen LogP contribution in [0.2, 0.25) is 6.04 Å². The quantitative estimate of drug-likeness (QED) is 0.349. The lowest BCUT2D eigenvalue weighted by Crippen LogP contribution is -2.49. The van der Waals surface area contributed by atoms with E-state index in [1.807, 2.05) is 32.8 Å². The van der Waals surface area contributed by atoms with Gasteiger partial charge in [-0.15, -0.1) is 0 Å². The van der Waals surface area contributed by atoms with Crippen molar-refractivity contribution in [3.05, 3.63) is 11.0 Å². The van der Waals surface area contributed by atoms with Crippen LogP contribution in [0.1, 0.15) is 20.3 Å². The molecular formula is C16H37N2O5Si3. The highest BCUT2D eigenvalue weighted by molar-refractivity contribution is 6.83. The van der Waals surface area contributed by atoms with E-state index in [1.165, 1.54) is 0 Å². The zero-order valence-corrected chi connectivity index (χ0v) is 20.8. The second kappa shape index (κ2) is 14.9. The Morgan fingerprint density at radius 3 is 1.96 bits per heavy atom. The van der Waals surface area contributed by atoms with Crippen LogP contribution in [0.15, 0.2) is 11.0 Å². The van der Waals surface area contributed by atoms with Crippen LogP contribution >= 0.6 is 0 Å². The summed E-state index contributed by atoms with van der Waals surface area (Å²) in [5.41, 5.74) is 0. The zero-order valence-electron chi connectivity index (χ0n) is 17.8. The molecule has 0 saturated heterocycles. The lowest BCUT2D eigenvalue weighted by atomic mass is 10.5. The fraction of sp³-hybridized carbons (Fsp3) is 0.875. The van der Waals surface area contributed by atoms with Crippen molar-refractivity contribution in [2.75, 3.05) is 68.4 Å². The zero-order chi connectivity index (χ0) is 20.0. The third-order valence-corrected chi connectivity index (χ3v) is 10.6. The van der Waals surface area contributed by atoms with E-state index < -0.39 is 18.1 Å². The Balaban J connectivity index is 4.60. The third kappa shape index (κ3) is 9.76. The second-order valence-corrected chi connectivity index (χ2v) is 12.3. The third-order valence-electron chi connectivity index (χ3n) is 3.59. The normalized spacial score (nSPS) is 13.1. The van der Waals surface area contributed by atoms with Gasteiger partial charge in [-0.1, -0.05) is 0 Å². The molecule has 0 aromatic carbocycles. The molecule has 0 aliphatic rings. The van der Waals surface area contributed by atoms with E-state index >= 15 is 0 Å². The lowest BCUT2D eigenvalue weighted by Gasteiger charge is -2.29. The first-order valence-electron chi connectivity index (χ1n) is 8.97. The van der Waals surface area contributed by atoms with Gasteiger partial charge in [0, 0.05) is 53.5 Å². The molecule has 0 aromatic rings. The molecule has 0 amide bonds. The summed E-state index contributed by atoms with van der Waals surface area (Å²) in [7, 11) is 7.76. The van der Waals surface area contributed by atoms with E-state index in [2.05, 4.69) is 18.1 Å². The number of rotatable bonds is 16. The average molecular weight is 422 g/mol. The highest BCUT2D eigenvalue weighted by atomic mass is 28.4. The Bertz CT molecular complexity index is 371. The smallest absolute Gasteiger partial charge is 0.394 e. The van der Waals surface area contributed by atoms with Crippen LogP contribution in [0.5, 0.6) is 0 Å². The van der Waals surface area contributed by atoms with Gasteiger partial charge in [-0.3, -0.25) is 0 Å². The molecular weight excluding hydrogens is 384 g/mol. The SMILES string of the molecule is CCO[Si](CCCN(C)C[Si]C(=CN(C)C)[Si](OC)(OC)OC)OCC. The summed E-state index contributed by atoms with van der Waals surface area (Å²) >= 11 is 0. The molecule has 0 aliphatic heterocycles. The summed E-state index contributed by atoms with van der Waals surface area (Å²) in [6, 6.07) is 1.01. The molecule has 0 N–H and O–H groups in total.